The number of pyridine rings is 1. The molecule has 7 heteroatoms. The Morgan fingerprint density at radius 2 is 1.90 bits per heavy atom. The Morgan fingerprint density at radius 3 is 2.62 bits per heavy atom. The largest absolute Gasteiger partial charge is 0.469 e. The van der Waals surface area contributed by atoms with Gasteiger partial charge in [-0.05, 0) is 19.1 Å². The molecule has 0 N–H and O–H groups in total. The normalized spacial score (nSPS) is 16.1. The van der Waals surface area contributed by atoms with Crippen molar-refractivity contribution in [1.29, 1.82) is 0 Å². The van der Waals surface area contributed by atoms with Crippen LogP contribution in [-0.4, -0.2) is 52.9 Å². The van der Waals surface area contributed by atoms with Crippen molar-refractivity contribution in [2.45, 2.75) is 13.5 Å². The van der Waals surface area contributed by atoms with E-state index in [1.807, 2.05) is 19.3 Å². The van der Waals surface area contributed by atoms with Gasteiger partial charge in [0.2, 0.25) is 0 Å². The van der Waals surface area contributed by atoms with Gasteiger partial charge in [-0.2, -0.15) is 0 Å². The first-order valence-electron chi connectivity index (χ1n) is 7.17. The number of ether oxygens (including phenoxy) is 1. The van der Waals surface area contributed by atoms with Crippen molar-refractivity contribution in [3.8, 4) is 5.19 Å². The quantitative estimate of drug-likeness (QED) is 0.837. The summed E-state index contributed by atoms with van der Waals surface area (Å²) in [5, 5.41) is 9.92. The van der Waals surface area contributed by atoms with E-state index < -0.39 is 0 Å². The van der Waals surface area contributed by atoms with E-state index in [1.165, 1.54) is 5.69 Å². The molecule has 112 valence electrons. The fourth-order valence-electron chi connectivity index (χ4n) is 2.39. The number of rotatable bonds is 5. The summed E-state index contributed by atoms with van der Waals surface area (Å²) in [6.07, 6.45) is 3.69. The Labute approximate surface area is 128 Å². The van der Waals surface area contributed by atoms with Crippen molar-refractivity contribution < 1.29 is 4.74 Å². The SMILES string of the molecule is CCOc1nnc(CN2CCN(c3ccncc3)CC2)s1. The summed E-state index contributed by atoms with van der Waals surface area (Å²) in [4.78, 5) is 8.87. The van der Waals surface area contributed by atoms with Gasteiger partial charge in [0.15, 0.2) is 0 Å². The first-order valence-corrected chi connectivity index (χ1v) is 7.99. The first kappa shape index (κ1) is 14.2. The molecule has 0 amide bonds. The van der Waals surface area contributed by atoms with Crippen molar-refractivity contribution in [2.24, 2.45) is 0 Å². The van der Waals surface area contributed by atoms with Crippen LogP contribution in [0.15, 0.2) is 24.5 Å². The minimum absolute atomic E-state index is 0.638. The van der Waals surface area contributed by atoms with Crippen LogP contribution in [0.25, 0.3) is 0 Å². The van der Waals surface area contributed by atoms with Crippen molar-refractivity contribution in [3.63, 3.8) is 0 Å². The number of nitrogens with zero attached hydrogens (tertiary/aromatic N) is 5. The summed E-state index contributed by atoms with van der Waals surface area (Å²) in [6, 6.07) is 4.13. The van der Waals surface area contributed by atoms with E-state index in [0.717, 1.165) is 37.7 Å². The number of hydrogen-bond donors (Lipinski definition) is 0. The third-order valence-electron chi connectivity index (χ3n) is 3.48. The highest BCUT2D eigenvalue weighted by atomic mass is 32.1. The molecular formula is C14H19N5OS. The van der Waals surface area contributed by atoms with Crippen LogP contribution in [0.4, 0.5) is 5.69 Å². The molecule has 1 fully saturated rings. The fourth-order valence-corrected chi connectivity index (χ4v) is 3.18. The molecule has 1 aliphatic rings. The van der Waals surface area contributed by atoms with E-state index in [4.69, 9.17) is 4.74 Å². The highest BCUT2D eigenvalue weighted by molar-refractivity contribution is 7.13. The number of piperazine rings is 1. The van der Waals surface area contributed by atoms with Crippen molar-refractivity contribution in [1.82, 2.24) is 20.1 Å². The highest BCUT2D eigenvalue weighted by Crippen LogP contribution is 2.20. The van der Waals surface area contributed by atoms with Crippen molar-refractivity contribution >= 4 is 17.0 Å². The van der Waals surface area contributed by atoms with Gasteiger partial charge in [-0.1, -0.05) is 11.3 Å². The third kappa shape index (κ3) is 3.68. The van der Waals surface area contributed by atoms with Crippen LogP contribution in [0.3, 0.4) is 0 Å². The van der Waals surface area contributed by atoms with Crippen molar-refractivity contribution in [3.05, 3.63) is 29.5 Å². The molecule has 0 atom stereocenters. The van der Waals surface area contributed by atoms with E-state index in [-0.39, 0.29) is 0 Å². The Morgan fingerprint density at radius 1 is 1.14 bits per heavy atom. The topological polar surface area (TPSA) is 54.4 Å². The number of aromatic nitrogens is 3. The van der Waals surface area contributed by atoms with Crippen LogP contribution in [0, 0.1) is 0 Å². The smallest absolute Gasteiger partial charge is 0.294 e. The molecule has 0 aromatic carbocycles. The van der Waals surface area contributed by atoms with E-state index >= 15 is 0 Å². The van der Waals surface area contributed by atoms with Crippen LogP contribution in [0.2, 0.25) is 0 Å². The third-order valence-corrected chi connectivity index (χ3v) is 4.30. The Bertz CT molecular complexity index is 554. The number of anilines is 1. The van der Waals surface area contributed by atoms with Crippen LogP contribution in [0.5, 0.6) is 5.19 Å². The molecule has 3 heterocycles. The monoisotopic (exact) mass is 305 g/mol. The molecule has 0 aliphatic carbocycles. The molecule has 0 bridgehead atoms. The second-order valence-electron chi connectivity index (χ2n) is 4.86. The van der Waals surface area contributed by atoms with E-state index in [2.05, 4.69) is 37.1 Å². The number of hydrogen-bond acceptors (Lipinski definition) is 7. The van der Waals surface area contributed by atoms with E-state index in [0.29, 0.717) is 11.8 Å². The molecule has 3 rings (SSSR count). The average Bonchev–Trinajstić information content (AvgIpc) is 2.97. The lowest BCUT2D eigenvalue weighted by Crippen LogP contribution is -2.45. The van der Waals surface area contributed by atoms with Gasteiger partial charge in [0.25, 0.3) is 5.19 Å². The minimum Gasteiger partial charge on any atom is -0.469 e. The van der Waals surface area contributed by atoms with E-state index in [1.54, 1.807) is 11.3 Å². The maximum absolute atomic E-state index is 5.36. The van der Waals surface area contributed by atoms with Gasteiger partial charge < -0.3 is 9.64 Å². The predicted octanol–water partition coefficient (Wildman–Crippen LogP) is 1.65. The highest BCUT2D eigenvalue weighted by Gasteiger charge is 2.18. The molecule has 21 heavy (non-hydrogen) atoms. The Kier molecular flexibility index (Phi) is 4.62. The molecule has 0 spiro atoms. The molecule has 0 saturated carbocycles. The minimum atomic E-state index is 0.638. The summed E-state index contributed by atoms with van der Waals surface area (Å²) in [7, 11) is 0. The van der Waals surface area contributed by atoms with Crippen LogP contribution < -0.4 is 9.64 Å². The second-order valence-corrected chi connectivity index (χ2v) is 5.89. The van der Waals surface area contributed by atoms with Crippen molar-refractivity contribution in [2.75, 3.05) is 37.7 Å². The van der Waals surface area contributed by atoms with Gasteiger partial charge in [0.1, 0.15) is 5.01 Å². The lowest BCUT2D eigenvalue weighted by molar-refractivity contribution is 0.249. The Balaban J connectivity index is 1.51. The molecule has 0 unspecified atom stereocenters. The summed E-state index contributed by atoms with van der Waals surface area (Å²) in [6.45, 7) is 7.58. The zero-order valence-electron chi connectivity index (χ0n) is 12.1. The van der Waals surface area contributed by atoms with Gasteiger partial charge in [-0.3, -0.25) is 9.88 Å². The Hall–Kier alpha value is -1.73. The fraction of sp³-hybridized carbons (Fsp3) is 0.500. The second kappa shape index (κ2) is 6.82. The average molecular weight is 305 g/mol. The van der Waals surface area contributed by atoms with Crippen LogP contribution >= 0.6 is 11.3 Å². The standard InChI is InChI=1S/C14H19N5OS/c1-2-20-14-17-16-13(21-14)11-18-7-9-19(10-8-18)12-3-5-15-6-4-12/h3-6H,2,7-11H2,1H3. The van der Waals surface area contributed by atoms with E-state index in [9.17, 15) is 0 Å². The molecule has 0 radical (unpaired) electrons. The van der Waals surface area contributed by atoms with Crippen LogP contribution in [0.1, 0.15) is 11.9 Å². The molecule has 1 saturated heterocycles. The maximum Gasteiger partial charge on any atom is 0.294 e. The summed E-state index contributed by atoms with van der Waals surface area (Å²) >= 11 is 1.54. The molecule has 2 aromatic heterocycles. The molecule has 6 nitrogen and oxygen atoms in total. The first-order chi connectivity index (χ1) is 10.3. The molecule has 1 aliphatic heterocycles. The van der Waals surface area contributed by atoms with Gasteiger partial charge in [0.05, 0.1) is 13.2 Å². The van der Waals surface area contributed by atoms with Gasteiger partial charge in [-0.15, -0.1) is 10.2 Å². The zero-order chi connectivity index (χ0) is 14.5. The summed E-state index contributed by atoms with van der Waals surface area (Å²) in [5.74, 6) is 0. The lowest BCUT2D eigenvalue weighted by atomic mass is 10.2. The predicted molar refractivity (Wildman–Crippen MR) is 82.8 cm³/mol. The molecule has 2 aromatic rings. The summed E-state index contributed by atoms with van der Waals surface area (Å²) < 4.78 is 5.36. The van der Waals surface area contributed by atoms with Crippen LogP contribution in [-0.2, 0) is 6.54 Å². The maximum atomic E-state index is 5.36. The van der Waals surface area contributed by atoms with Gasteiger partial charge in [0, 0.05) is 44.3 Å². The lowest BCUT2D eigenvalue weighted by Gasteiger charge is -2.35. The van der Waals surface area contributed by atoms with Gasteiger partial charge >= 0.3 is 0 Å². The summed E-state index contributed by atoms with van der Waals surface area (Å²) in [5.41, 5.74) is 1.25. The molecular weight excluding hydrogens is 286 g/mol. The van der Waals surface area contributed by atoms with Gasteiger partial charge in [-0.25, -0.2) is 0 Å². The zero-order valence-corrected chi connectivity index (χ0v) is 12.9.